The summed E-state index contributed by atoms with van der Waals surface area (Å²) in [5.74, 6) is 2.05. The molecule has 1 aromatic carbocycles. The quantitative estimate of drug-likeness (QED) is 0.923. The number of H-pyrrole nitrogens is 1. The standard InChI is InChI=1S/C17H21N3O3/c1-20-7-6-13-12(10-20)17(21)19-16(18-13)9-11-4-5-14(22-2)15(8-11)23-3/h4-5,8H,6-7,9-10H2,1-3H3,(H,18,19,21). The molecule has 0 fully saturated rings. The summed E-state index contributed by atoms with van der Waals surface area (Å²) in [5, 5.41) is 0. The Bertz CT molecular complexity index is 770. The maximum atomic E-state index is 12.3. The number of aromatic amines is 1. The highest BCUT2D eigenvalue weighted by molar-refractivity contribution is 5.43. The molecule has 3 rings (SSSR count). The minimum Gasteiger partial charge on any atom is -0.493 e. The summed E-state index contributed by atoms with van der Waals surface area (Å²) in [5.41, 5.74) is 2.69. The summed E-state index contributed by atoms with van der Waals surface area (Å²) in [4.78, 5) is 22.0. The number of methoxy groups -OCH3 is 2. The van der Waals surface area contributed by atoms with Crippen molar-refractivity contribution < 1.29 is 9.47 Å². The number of rotatable bonds is 4. The van der Waals surface area contributed by atoms with Crippen LogP contribution in [0.1, 0.15) is 22.6 Å². The fraction of sp³-hybridized carbons (Fsp3) is 0.412. The van der Waals surface area contributed by atoms with Crippen LogP contribution in [0, 0.1) is 0 Å². The first kappa shape index (κ1) is 15.6. The van der Waals surface area contributed by atoms with E-state index in [2.05, 4.69) is 14.9 Å². The summed E-state index contributed by atoms with van der Waals surface area (Å²) in [7, 11) is 5.23. The Kier molecular flexibility index (Phi) is 4.34. The minimum absolute atomic E-state index is 0.0305. The highest BCUT2D eigenvalue weighted by atomic mass is 16.5. The molecule has 2 aromatic rings. The Hall–Kier alpha value is -2.34. The average molecular weight is 315 g/mol. The van der Waals surface area contributed by atoms with E-state index < -0.39 is 0 Å². The summed E-state index contributed by atoms with van der Waals surface area (Å²) >= 11 is 0. The lowest BCUT2D eigenvalue weighted by atomic mass is 10.1. The van der Waals surface area contributed by atoms with Crippen LogP contribution in [0.2, 0.25) is 0 Å². The van der Waals surface area contributed by atoms with Gasteiger partial charge < -0.3 is 19.4 Å². The summed E-state index contributed by atoms with van der Waals surface area (Å²) in [6.07, 6.45) is 1.37. The Morgan fingerprint density at radius 3 is 2.78 bits per heavy atom. The van der Waals surface area contributed by atoms with Crippen molar-refractivity contribution in [3.63, 3.8) is 0 Å². The van der Waals surface area contributed by atoms with Gasteiger partial charge in [0.15, 0.2) is 11.5 Å². The molecule has 2 heterocycles. The van der Waals surface area contributed by atoms with Gasteiger partial charge in [0.2, 0.25) is 0 Å². The second-order valence-corrected chi connectivity index (χ2v) is 5.79. The number of fused-ring (bicyclic) bond motifs is 1. The second-order valence-electron chi connectivity index (χ2n) is 5.79. The van der Waals surface area contributed by atoms with E-state index in [0.717, 1.165) is 29.8 Å². The molecule has 1 N–H and O–H groups in total. The Labute approximate surface area is 135 Å². The monoisotopic (exact) mass is 315 g/mol. The number of hydrogen-bond donors (Lipinski definition) is 1. The molecule has 0 amide bonds. The molecule has 0 radical (unpaired) electrons. The summed E-state index contributed by atoms with van der Waals surface area (Å²) in [6.45, 7) is 1.59. The molecule has 0 saturated carbocycles. The van der Waals surface area contributed by atoms with Gasteiger partial charge in [-0.05, 0) is 24.7 Å². The van der Waals surface area contributed by atoms with E-state index in [-0.39, 0.29) is 5.56 Å². The topological polar surface area (TPSA) is 67.5 Å². The number of hydrogen-bond acceptors (Lipinski definition) is 5. The number of nitrogens with zero attached hydrogens (tertiary/aromatic N) is 2. The van der Waals surface area contributed by atoms with Crippen LogP contribution in [0.3, 0.4) is 0 Å². The van der Waals surface area contributed by atoms with Gasteiger partial charge in [0.25, 0.3) is 5.56 Å². The van der Waals surface area contributed by atoms with Crippen molar-refractivity contribution >= 4 is 0 Å². The number of nitrogens with one attached hydrogen (secondary N) is 1. The van der Waals surface area contributed by atoms with Crippen LogP contribution in [0.25, 0.3) is 0 Å². The third-order valence-corrected chi connectivity index (χ3v) is 4.13. The van der Waals surface area contributed by atoms with Crippen LogP contribution >= 0.6 is 0 Å². The van der Waals surface area contributed by atoms with Crippen LogP contribution in [-0.2, 0) is 19.4 Å². The number of ether oxygens (including phenoxy) is 2. The van der Waals surface area contributed by atoms with Crippen molar-refractivity contribution in [2.75, 3.05) is 27.8 Å². The molecule has 1 aromatic heterocycles. The third kappa shape index (κ3) is 3.22. The molecule has 1 aliphatic rings. The molecule has 0 unspecified atom stereocenters. The lowest BCUT2D eigenvalue weighted by molar-refractivity contribution is 0.307. The summed E-state index contributed by atoms with van der Waals surface area (Å²) in [6, 6.07) is 5.72. The van der Waals surface area contributed by atoms with Crippen molar-refractivity contribution in [2.24, 2.45) is 0 Å². The summed E-state index contributed by atoms with van der Waals surface area (Å²) < 4.78 is 10.6. The van der Waals surface area contributed by atoms with Gasteiger partial charge in [-0.3, -0.25) is 4.79 Å². The molecule has 0 bridgehead atoms. The van der Waals surface area contributed by atoms with Crippen LogP contribution in [0.15, 0.2) is 23.0 Å². The minimum atomic E-state index is -0.0305. The molecule has 23 heavy (non-hydrogen) atoms. The van der Waals surface area contributed by atoms with Crippen LogP contribution in [0.4, 0.5) is 0 Å². The van der Waals surface area contributed by atoms with Gasteiger partial charge in [-0.15, -0.1) is 0 Å². The molecule has 0 aliphatic carbocycles. The number of aromatic nitrogens is 2. The maximum Gasteiger partial charge on any atom is 0.255 e. The van der Waals surface area contributed by atoms with Crippen LogP contribution in [0.5, 0.6) is 11.5 Å². The van der Waals surface area contributed by atoms with E-state index in [1.54, 1.807) is 14.2 Å². The first-order valence-electron chi connectivity index (χ1n) is 7.61. The highest BCUT2D eigenvalue weighted by Crippen LogP contribution is 2.28. The molecule has 1 aliphatic heterocycles. The molecular formula is C17H21N3O3. The zero-order valence-electron chi connectivity index (χ0n) is 13.7. The Morgan fingerprint density at radius 1 is 1.26 bits per heavy atom. The average Bonchev–Trinajstić information content (AvgIpc) is 2.55. The maximum absolute atomic E-state index is 12.3. The van der Waals surface area contributed by atoms with Crippen molar-refractivity contribution in [3.05, 3.63) is 51.2 Å². The largest absolute Gasteiger partial charge is 0.493 e. The van der Waals surface area contributed by atoms with E-state index in [1.165, 1.54) is 0 Å². The SMILES string of the molecule is COc1ccc(Cc2nc3c(c(=O)[nH]2)CN(C)CC3)cc1OC. The fourth-order valence-electron chi connectivity index (χ4n) is 2.88. The highest BCUT2D eigenvalue weighted by Gasteiger charge is 2.18. The van der Waals surface area contributed by atoms with Gasteiger partial charge in [0, 0.05) is 25.9 Å². The van der Waals surface area contributed by atoms with Crippen molar-refractivity contribution in [2.45, 2.75) is 19.4 Å². The second kappa shape index (κ2) is 6.42. The van der Waals surface area contributed by atoms with E-state index in [1.807, 2.05) is 25.2 Å². The van der Waals surface area contributed by atoms with Gasteiger partial charge in [-0.25, -0.2) is 4.98 Å². The van der Waals surface area contributed by atoms with Gasteiger partial charge >= 0.3 is 0 Å². The van der Waals surface area contributed by atoms with Gasteiger partial charge in [0.05, 0.1) is 25.5 Å². The van der Waals surface area contributed by atoms with Gasteiger partial charge in [-0.1, -0.05) is 6.07 Å². The first-order valence-corrected chi connectivity index (χ1v) is 7.61. The molecular weight excluding hydrogens is 294 g/mol. The Morgan fingerprint density at radius 2 is 2.04 bits per heavy atom. The third-order valence-electron chi connectivity index (χ3n) is 4.13. The van der Waals surface area contributed by atoms with Crippen molar-refractivity contribution in [1.29, 1.82) is 0 Å². The molecule has 122 valence electrons. The van der Waals surface area contributed by atoms with E-state index in [9.17, 15) is 4.79 Å². The van der Waals surface area contributed by atoms with Crippen molar-refractivity contribution in [3.8, 4) is 11.5 Å². The molecule has 6 heteroatoms. The van der Waals surface area contributed by atoms with E-state index in [4.69, 9.17) is 9.47 Å². The van der Waals surface area contributed by atoms with Gasteiger partial charge in [0.1, 0.15) is 5.82 Å². The molecule has 0 atom stereocenters. The zero-order chi connectivity index (χ0) is 16.4. The molecule has 6 nitrogen and oxygen atoms in total. The zero-order valence-corrected chi connectivity index (χ0v) is 13.7. The van der Waals surface area contributed by atoms with E-state index >= 15 is 0 Å². The fourth-order valence-corrected chi connectivity index (χ4v) is 2.88. The molecule has 0 spiro atoms. The Balaban J connectivity index is 1.89. The predicted octanol–water partition coefficient (Wildman–Crippen LogP) is 1.37. The van der Waals surface area contributed by atoms with Gasteiger partial charge in [-0.2, -0.15) is 0 Å². The molecule has 0 saturated heterocycles. The lowest BCUT2D eigenvalue weighted by Crippen LogP contribution is -2.33. The first-order chi connectivity index (χ1) is 11.1. The smallest absolute Gasteiger partial charge is 0.255 e. The lowest BCUT2D eigenvalue weighted by Gasteiger charge is -2.23. The number of benzene rings is 1. The van der Waals surface area contributed by atoms with Crippen LogP contribution in [-0.4, -0.2) is 42.7 Å². The number of likely N-dealkylation sites (N-methyl/N-ethyl adjacent to an activating group) is 1. The van der Waals surface area contributed by atoms with Crippen LogP contribution < -0.4 is 15.0 Å². The van der Waals surface area contributed by atoms with E-state index in [0.29, 0.717) is 30.3 Å². The predicted molar refractivity (Wildman–Crippen MR) is 87.2 cm³/mol. The van der Waals surface area contributed by atoms with Crippen molar-refractivity contribution in [1.82, 2.24) is 14.9 Å². The normalized spacial score (nSPS) is 14.4.